The van der Waals surface area contributed by atoms with Crippen LogP contribution in [0.5, 0.6) is 5.75 Å². The van der Waals surface area contributed by atoms with Gasteiger partial charge in [0.2, 0.25) is 0 Å². The highest BCUT2D eigenvalue weighted by Gasteiger charge is 2.33. The minimum atomic E-state index is -1.02. The number of benzene rings is 2. The van der Waals surface area contributed by atoms with E-state index in [1.165, 1.54) is 29.0 Å². The van der Waals surface area contributed by atoms with Gasteiger partial charge in [0.1, 0.15) is 17.5 Å². The van der Waals surface area contributed by atoms with Crippen LogP contribution in [0.2, 0.25) is 0 Å². The number of amides is 2. The maximum Gasteiger partial charge on any atom is 0.263 e. The fourth-order valence-corrected chi connectivity index (χ4v) is 4.71. The highest BCUT2D eigenvalue weighted by molar-refractivity contribution is 5.93. The second-order valence-corrected chi connectivity index (χ2v) is 9.45. The zero-order chi connectivity index (χ0) is 28.2. The van der Waals surface area contributed by atoms with E-state index in [0.717, 1.165) is 17.7 Å². The van der Waals surface area contributed by atoms with Crippen LogP contribution in [0, 0.1) is 17.6 Å². The van der Waals surface area contributed by atoms with Gasteiger partial charge in [0.05, 0.1) is 6.54 Å². The number of allylic oxidation sites excluding steroid dienone is 1. The largest absolute Gasteiger partial charge is 0.484 e. The minimum absolute atomic E-state index is 0.0243. The van der Waals surface area contributed by atoms with Gasteiger partial charge in [-0.25, -0.2) is 8.78 Å². The molecular weight excluding hydrogens is 520 g/mol. The number of nitrogens with zero attached hydrogens (tertiary/aromatic N) is 3. The Morgan fingerprint density at radius 3 is 2.70 bits per heavy atom. The summed E-state index contributed by atoms with van der Waals surface area (Å²) in [5, 5.41) is 2.75. The van der Waals surface area contributed by atoms with Gasteiger partial charge in [0.15, 0.2) is 18.2 Å². The maximum absolute atomic E-state index is 13.6. The lowest BCUT2D eigenvalue weighted by Gasteiger charge is -2.21. The van der Waals surface area contributed by atoms with Gasteiger partial charge < -0.3 is 20.4 Å². The third-order valence-electron chi connectivity index (χ3n) is 6.63. The Kier molecular flexibility index (Phi) is 7.63. The Hall–Kier alpha value is -4.93. The molecule has 3 unspecified atom stereocenters. The Bertz CT molecular complexity index is 1610. The smallest absolute Gasteiger partial charge is 0.263 e. The second-order valence-electron chi connectivity index (χ2n) is 9.45. The average molecular weight is 546 g/mol. The average Bonchev–Trinajstić information content (AvgIpc) is 3.38. The van der Waals surface area contributed by atoms with E-state index in [9.17, 15) is 23.2 Å². The van der Waals surface area contributed by atoms with E-state index in [1.807, 2.05) is 24.4 Å². The molecule has 0 aliphatic carbocycles. The van der Waals surface area contributed by atoms with Crippen molar-refractivity contribution in [3.8, 4) is 5.75 Å². The highest BCUT2D eigenvalue weighted by atomic mass is 19.2. The number of nitrogens with one attached hydrogen (secondary N) is 1. The molecule has 9 nitrogen and oxygen atoms in total. The Labute approximate surface area is 227 Å². The first-order valence-corrected chi connectivity index (χ1v) is 12.5. The number of rotatable bonds is 9. The van der Waals surface area contributed by atoms with Crippen molar-refractivity contribution in [1.29, 1.82) is 0 Å². The van der Waals surface area contributed by atoms with Crippen molar-refractivity contribution >= 4 is 24.2 Å². The van der Waals surface area contributed by atoms with Crippen LogP contribution in [0.3, 0.4) is 0 Å². The van der Waals surface area contributed by atoms with Crippen molar-refractivity contribution in [3.05, 3.63) is 111 Å². The molecule has 0 bridgehead atoms. The van der Waals surface area contributed by atoms with E-state index in [0.29, 0.717) is 16.9 Å². The van der Waals surface area contributed by atoms with Gasteiger partial charge in [-0.15, -0.1) is 0 Å². The first-order chi connectivity index (χ1) is 19.3. The molecular formula is C29H25F2N5O4. The van der Waals surface area contributed by atoms with Gasteiger partial charge in [0.25, 0.3) is 17.4 Å². The lowest BCUT2D eigenvalue weighted by Crippen LogP contribution is -2.32. The molecule has 2 amide bonds. The summed E-state index contributed by atoms with van der Waals surface area (Å²) in [4.78, 5) is 46.1. The van der Waals surface area contributed by atoms with Crippen molar-refractivity contribution in [3.63, 3.8) is 0 Å². The first kappa shape index (κ1) is 26.7. The Morgan fingerprint density at radius 1 is 1.05 bits per heavy atom. The number of pyridine rings is 1. The molecule has 1 aromatic heterocycles. The third kappa shape index (κ3) is 5.88. The number of aliphatic imine (C=N–C) groups is 2. The fourth-order valence-electron chi connectivity index (χ4n) is 4.71. The highest BCUT2D eigenvalue weighted by Crippen LogP contribution is 2.37. The maximum atomic E-state index is 13.6. The van der Waals surface area contributed by atoms with E-state index in [-0.39, 0.29) is 43.3 Å². The quantitative estimate of drug-likeness (QED) is 0.429. The molecule has 2 aliphatic rings. The minimum Gasteiger partial charge on any atom is -0.484 e. The number of nitrogens with two attached hydrogens (primary N) is 1. The van der Waals surface area contributed by atoms with Crippen molar-refractivity contribution in [1.82, 2.24) is 9.88 Å². The molecule has 0 spiro atoms. The number of hydrogen-bond donors (Lipinski definition) is 2. The van der Waals surface area contributed by atoms with E-state index in [1.54, 1.807) is 18.3 Å². The van der Waals surface area contributed by atoms with Gasteiger partial charge in [0, 0.05) is 37.0 Å². The molecule has 0 saturated carbocycles. The van der Waals surface area contributed by atoms with Crippen LogP contribution in [0.4, 0.5) is 8.78 Å². The van der Waals surface area contributed by atoms with Crippen LogP contribution in [-0.4, -0.2) is 41.6 Å². The van der Waals surface area contributed by atoms with Crippen molar-refractivity contribution in [2.45, 2.75) is 25.2 Å². The van der Waals surface area contributed by atoms with Gasteiger partial charge >= 0.3 is 0 Å². The summed E-state index contributed by atoms with van der Waals surface area (Å²) in [5.41, 5.74) is 6.45. The first-order valence-electron chi connectivity index (χ1n) is 12.5. The lowest BCUT2D eigenvalue weighted by atomic mass is 9.85. The number of hydrogen-bond acceptors (Lipinski definition) is 6. The number of halogens is 2. The van der Waals surface area contributed by atoms with Crippen LogP contribution < -0.4 is 21.3 Å². The van der Waals surface area contributed by atoms with Crippen LogP contribution in [0.25, 0.3) is 0 Å². The molecule has 2 aromatic carbocycles. The summed E-state index contributed by atoms with van der Waals surface area (Å²) in [6, 6.07) is 11.7. The van der Waals surface area contributed by atoms with E-state index < -0.39 is 29.0 Å². The van der Waals surface area contributed by atoms with Gasteiger partial charge in [-0.1, -0.05) is 18.2 Å². The molecule has 3 atom stereocenters. The molecule has 3 aromatic rings. The van der Waals surface area contributed by atoms with Gasteiger partial charge in [-0.3, -0.25) is 24.4 Å². The standard InChI is InChI=1S/C29H25F2N5O4/c30-24-6-5-17(11-25(24)31)15-36-8-2-4-22(29(36)39)28(38)35-13-18-9-19(12-20(10-18)40-16-26(32)37)23-14-34-27-21(23)3-1-7-33-27/h1-12,14,21,23,27H,13,15-16H2,(H2,32,37)(H,35,38). The molecule has 0 radical (unpaired) electrons. The number of primary amides is 1. The second kappa shape index (κ2) is 11.4. The fraction of sp³-hybridized carbons (Fsp3) is 0.207. The zero-order valence-electron chi connectivity index (χ0n) is 21.2. The molecule has 3 heterocycles. The molecule has 5 rings (SSSR count). The van der Waals surface area contributed by atoms with Crippen LogP contribution in [0.1, 0.15) is 33.0 Å². The number of dihydropyridines is 1. The summed E-state index contributed by atoms with van der Waals surface area (Å²) in [6.45, 7) is -0.293. The van der Waals surface area contributed by atoms with Gasteiger partial charge in [-0.05, 0) is 59.2 Å². The van der Waals surface area contributed by atoms with Crippen LogP contribution >= 0.6 is 0 Å². The van der Waals surface area contributed by atoms with Crippen molar-refractivity contribution < 1.29 is 23.1 Å². The van der Waals surface area contributed by atoms with E-state index >= 15 is 0 Å². The summed E-state index contributed by atoms with van der Waals surface area (Å²) >= 11 is 0. The zero-order valence-corrected chi connectivity index (χ0v) is 21.2. The van der Waals surface area contributed by atoms with Crippen LogP contribution in [-0.2, 0) is 17.9 Å². The summed E-state index contributed by atoms with van der Waals surface area (Å²) < 4.78 is 33.7. The molecule has 40 heavy (non-hydrogen) atoms. The van der Waals surface area contributed by atoms with E-state index in [2.05, 4.69) is 15.3 Å². The Morgan fingerprint density at radius 2 is 1.90 bits per heavy atom. The summed E-state index contributed by atoms with van der Waals surface area (Å²) in [5.74, 6) is -2.92. The molecule has 11 heteroatoms. The van der Waals surface area contributed by atoms with Crippen molar-refractivity contribution in [2.75, 3.05) is 6.61 Å². The third-order valence-corrected chi connectivity index (χ3v) is 6.63. The lowest BCUT2D eigenvalue weighted by molar-refractivity contribution is -0.119. The molecule has 0 fully saturated rings. The normalized spacial score (nSPS) is 18.9. The van der Waals surface area contributed by atoms with Crippen LogP contribution in [0.15, 0.2) is 81.7 Å². The SMILES string of the molecule is NC(=O)COc1cc(CNC(=O)c2cccn(Cc3ccc(F)c(F)c3)c2=O)cc(C2C=NC3N=CC=CC32)c1. The molecule has 2 aliphatic heterocycles. The predicted octanol–water partition coefficient (Wildman–Crippen LogP) is 2.72. The van der Waals surface area contributed by atoms with Gasteiger partial charge in [-0.2, -0.15) is 0 Å². The number of fused-ring (bicyclic) bond motifs is 1. The monoisotopic (exact) mass is 545 g/mol. The summed E-state index contributed by atoms with van der Waals surface area (Å²) in [6.07, 6.45) is 8.71. The van der Waals surface area contributed by atoms with Crippen molar-refractivity contribution in [2.24, 2.45) is 21.6 Å². The number of aromatic nitrogens is 1. The Balaban J connectivity index is 1.34. The number of carbonyl (C=O) groups excluding carboxylic acids is 2. The summed E-state index contributed by atoms with van der Waals surface area (Å²) in [7, 11) is 0. The number of carbonyl (C=O) groups is 2. The molecule has 204 valence electrons. The number of ether oxygens (including phenoxy) is 1. The molecule has 0 saturated heterocycles. The van der Waals surface area contributed by atoms with E-state index in [4.69, 9.17) is 10.5 Å². The predicted molar refractivity (Wildman–Crippen MR) is 145 cm³/mol. The molecule has 3 N–H and O–H groups in total. The topological polar surface area (TPSA) is 128 Å².